The van der Waals surface area contributed by atoms with Crippen LogP contribution in [-0.4, -0.2) is 12.7 Å². The molecule has 2 aliphatic carbocycles. The smallest absolute Gasteiger partial charge is 0.200 e. The Labute approximate surface area is 225 Å². The van der Waals surface area contributed by atoms with E-state index in [0.717, 1.165) is 51.4 Å². The minimum atomic E-state index is -0.917. The second-order valence-electron chi connectivity index (χ2n) is 11.4. The Hall–Kier alpha value is -2.08. The van der Waals surface area contributed by atoms with Gasteiger partial charge in [0.15, 0.2) is 23.2 Å². The van der Waals surface area contributed by atoms with Crippen molar-refractivity contribution in [1.29, 1.82) is 0 Å². The fourth-order valence-corrected chi connectivity index (χ4v) is 6.03. The minimum absolute atomic E-state index is 0.00729. The van der Waals surface area contributed by atoms with E-state index in [-0.39, 0.29) is 35.9 Å². The zero-order valence-corrected chi connectivity index (χ0v) is 22.8. The summed E-state index contributed by atoms with van der Waals surface area (Å²) in [5.74, 6) is -2.68. The number of rotatable bonds is 11. The van der Waals surface area contributed by atoms with Gasteiger partial charge in [-0.25, -0.2) is 13.2 Å². The molecule has 4 rings (SSSR count). The van der Waals surface area contributed by atoms with Gasteiger partial charge in [0, 0.05) is 5.56 Å². The van der Waals surface area contributed by atoms with E-state index >= 15 is 0 Å². The van der Waals surface area contributed by atoms with Crippen molar-refractivity contribution in [1.82, 2.24) is 0 Å². The molecule has 2 saturated carbocycles. The number of hydrogen-bond acceptors (Lipinski definition) is 2. The van der Waals surface area contributed by atoms with E-state index in [1.54, 1.807) is 18.2 Å². The van der Waals surface area contributed by atoms with Gasteiger partial charge in [0.2, 0.25) is 5.82 Å². The maximum Gasteiger partial charge on any atom is 0.200 e. The molecular formula is C32H42F4O2. The quantitative estimate of drug-likeness (QED) is 0.211. The molecule has 2 fully saturated rings. The normalized spacial score (nSPS) is 23.9. The summed E-state index contributed by atoms with van der Waals surface area (Å²) in [6.07, 6.45) is 10.4. The molecule has 6 heteroatoms. The molecule has 0 aromatic heterocycles. The fourth-order valence-electron chi connectivity index (χ4n) is 6.03. The Morgan fingerprint density at radius 3 is 1.95 bits per heavy atom. The summed E-state index contributed by atoms with van der Waals surface area (Å²) >= 11 is 0. The number of hydrogen-bond donors (Lipinski definition) is 0. The van der Waals surface area contributed by atoms with Crippen LogP contribution in [0.2, 0.25) is 0 Å². The Morgan fingerprint density at radius 1 is 0.684 bits per heavy atom. The first-order valence-electron chi connectivity index (χ1n) is 14.6. The molecule has 2 nitrogen and oxygen atoms in total. The van der Waals surface area contributed by atoms with Crippen LogP contribution in [0.1, 0.15) is 119 Å². The second kappa shape index (κ2) is 13.8. The van der Waals surface area contributed by atoms with Crippen LogP contribution in [0.5, 0.6) is 5.75 Å². The molecule has 0 unspecified atom stereocenters. The van der Waals surface area contributed by atoms with Crippen LogP contribution in [0.4, 0.5) is 17.6 Å². The maximum absolute atomic E-state index is 14.9. The molecule has 2 aromatic rings. The van der Waals surface area contributed by atoms with Gasteiger partial charge in [-0.15, -0.1) is 0 Å². The van der Waals surface area contributed by atoms with Crippen LogP contribution < -0.4 is 4.74 Å². The highest BCUT2D eigenvalue weighted by Crippen LogP contribution is 2.39. The highest BCUT2D eigenvalue weighted by molar-refractivity contribution is 5.33. The first kappa shape index (κ1) is 28.9. The highest BCUT2D eigenvalue weighted by atomic mass is 19.2. The summed E-state index contributed by atoms with van der Waals surface area (Å²) < 4.78 is 70.6. The third-order valence-corrected chi connectivity index (χ3v) is 8.57. The van der Waals surface area contributed by atoms with E-state index in [1.807, 2.05) is 0 Å². The van der Waals surface area contributed by atoms with Crippen molar-refractivity contribution >= 4 is 0 Å². The molecule has 210 valence electrons. The number of halogens is 4. The Balaban J connectivity index is 1.27. The average Bonchev–Trinajstić information content (AvgIpc) is 2.93. The van der Waals surface area contributed by atoms with Gasteiger partial charge in [0.25, 0.3) is 0 Å². The molecule has 0 saturated heterocycles. The summed E-state index contributed by atoms with van der Waals surface area (Å²) in [5, 5.41) is 0. The molecular weight excluding hydrogens is 492 g/mol. The SMILES string of the molecule is CCCCCCOc1ccc(C2CCC(OCc3ccc(C4CCC(C)CC4)c(F)c3F)CC2)c(F)c1F. The first-order valence-corrected chi connectivity index (χ1v) is 14.6. The van der Waals surface area contributed by atoms with Gasteiger partial charge in [-0.1, -0.05) is 64.2 Å². The van der Waals surface area contributed by atoms with Crippen LogP contribution in [0.3, 0.4) is 0 Å². The molecule has 38 heavy (non-hydrogen) atoms. The van der Waals surface area contributed by atoms with Crippen molar-refractivity contribution in [3.63, 3.8) is 0 Å². The maximum atomic E-state index is 14.9. The monoisotopic (exact) mass is 534 g/mol. The van der Waals surface area contributed by atoms with E-state index in [0.29, 0.717) is 49.3 Å². The Kier molecular flexibility index (Phi) is 10.5. The molecule has 0 atom stereocenters. The molecule has 2 aromatic carbocycles. The molecule has 0 amide bonds. The summed E-state index contributed by atoms with van der Waals surface area (Å²) in [7, 11) is 0. The van der Waals surface area contributed by atoms with Gasteiger partial charge >= 0.3 is 0 Å². The zero-order valence-electron chi connectivity index (χ0n) is 22.8. The largest absolute Gasteiger partial charge is 0.490 e. The second-order valence-corrected chi connectivity index (χ2v) is 11.4. The van der Waals surface area contributed by atoms with Crippen LogP contribution in [0.15, 0.2) is 24.3 Å². The van der Waals surface area contributed by atoms with E-state index in [9.17, 15) is 17.6 Å². The van der Waals surface area contributed by atoms with Gasteiger partial charge in [-0.05, 0) is 79.9 Å². The Bertz CT molecular complexity index is 1040. The minimum Gasteiger partial charge on any atom is -0.490 e. The lowest BCUT2D eigenvalue weighted by Gasteiger charge is -2.29. The average molecular weight is 535 g/mol. The predicted octanol–water partition coefficient (Wildman–Crippen LogP) is 9.74. The van der Waals surface area contributed by atoms with E-state index < -0.39 is 23.3 Å². The van der Waals surface area contributed by atoms with E-state index in [4.69, 9.17) is 9.47 Å². The van der Waals surface area contributed by atoms with Crippen molar-refractivity contribution in [2.45, 2.75) is 115 Å². The molecule has 0 spiro atoms. The van der Waals surface area contributed by atoms with Gasteiger partial charge in [-0.3, -0.25) is 0 Å². The molecule has 0 aliphatic heterocycles. The standard InChI is InChI=1S/C32H42F4O2/c1-3-4-5-6-19-37-28-18-17-27(31(35)32(28)36)23-11-14-25(15-12-23)38-20-24-13-16-26(30(34)29(24)33)22-9-7-21(2)8-10-22/h13,16-18,21-23,25H,3-12,14-15,19-20H2,1-2H3. The first-order chi connectivity index (χ1) is 18.4. The highest BCUT2D eigenvalue weighted by Gasteiger charge is 2.28. The molecule has 0 heterocycles. The van der Waals surface area contributed by atoms with Crippen molar-refractivity contribution in [2.75, 3.05) is 6.61 Å². The summed E-state index contributed by atoms with van der Waals surface area (Å²) in [4.78, 5) is 0. The molecule has 2 aliphatic rings. The third-order valence-electron chi connectivity index (χ3n) is 8.57. The van der Waals surface area contributed by atoms with E-state index in [1.165, 1.54) is 6.07 Å². The fraction of sp³-hybridized carbons (Fsp3) is 0.625. The van der Waals surface area contributed by atoms with Crippen LogP contribution >= 0.6 is 0 Å². The zero-order chi connectivity index (χ0) is 27.1. The van der Waals surface area contributed by atoms with E-state index in [2.05, 4.69) is 13.8 Å². The lowest BCUT2D eigenvalue weighted by Crippen LogP contribution is -2.22. The lowest BCUT2D eigenvalue weighted by molar-refractivity contribution is 0.0116. The molecule has 0 N–H and O–H groups in total. The summed E-state index contributed by atoms with van der Waals surface area (Å²) in [6, 6.07) is 6.55. The number of unbranched alkanes of at least 4 members (excludes halogenated alkanes) is 3. The van der Waals surface area contributed by atoms with Gasteiger partial charge < -0.3 is 9.47 Å². The summed E-state index contributed by atoms with van der Waals surface area (Å²) in [6.45, 7) is 4.71. The topological polar surface area (TPSA) is 18.5 Å². The number of ether oxygens (including phenoxy) is 2. The lowest BCUT2D eigenvalue weighted by atomic mass is 9.79. The third kappa shape index (κ3) is 7.11. The predicted molar refractivity (Wildman–Crippen MR) is 143 cm³/mol. The Morgan fingerprint density at radius 2 is 1.29 bits per heavy atom. The van der Waals surface area contributed by atoms with Crippen molar-refractivity contribution in [2.24, 2.45) is 5.92 Å². The van der Waals surface area contributed by atoms with Crippen LogP contribution in [0.25, 0.3) is 0 Å². The van der Waals surface area contributed by atoms with Crippen LogP contribution in [-0.2, 0) is 11.3 Å². The van der Waals surface area contributed by atoms with Crippen LogP contribution in [0, 0.1) is 29.2 Å². The number of benzene rings is 2. The van der Waals surface area contributed by atoms with Gasteiger partial charge in [0.05, 0.1) is 19.3 Å². The summed E-state index contributed by atoms with van der Waals surface area (Å²) in [5.41, 5.74) is 1.09. The van der Waals surface area contributed by atoms with Crippen molar-refractivity contribution < 1.29 is 27.0 Å². The molecule has 0 bridgehead atoms. The van der Waals surface area contributed by atoms with Gasteiger partial charge in [-0.2, -0.15) is 4.39 Å². The van der Waals surface area contributed by atoms with Crippen molar-refractivity contribution in [3.8, 4) is 5.75 Å². The molecule has 0 radical (unpaired) electrons. The van der Waals surface area contributed by atoms with Crippen molar-refractivity contribution in [3.05, 3.63) is 64.2 Å². The van der Waals surface area contributed by atoms with Gasteiger partial charge in [0.1, 0.15) is 0 Å².